The number of ether oxygens (including phenoxy) is 1. The van der Waals surface area contributed by atoms with Crippen LogP contribution in [0.15, 0.2) is 107 Å². The van der Waals surface area contributed by atoms with Gasteiger partial charge in [-0.05, 0) is 55.8 Å². The van der Waals surface area contributed by atoms with E-state index in [1.54, 1.807) is 18.0 Å². The third kappa shape index (κ3) is 5.36. The number of para-hydroxylation sites is 1. The number of hydrogen-bond donors (Lipinski definition) is 0. The second kappa shape index (κ2) is 9.07. The summed E-state index contributed by atoms with van der Waals surface area (Å²) in [6.07, 6.45) is 1.77. The van der Waals surface area contributed by atoms with E-state index in [4.69, 9.17) is 9.73 Å². The summed E-state index contributed by atoms with van der Waals surface area (Å²) < 4.78 is 5.85. The Balaban J connectivity index is 1.86. The highest BCUT2D eigenvalue weighted by Gasteiger charge is 2.07. The normalized spacial score (nSPS) is 12.1. The van der Waals surface area contributed by atoms with E-state index in [1.807, 2.05) is 73.7 Å². The van der Waals surface area contributed by atoms with E-state index in [2.05, 4.69) is 25.1 Å². The zero-order chi connectivity index (χ0) is 18.2. The van der Waals surface area contributed by atoms with Gasteiger partial charge in [0.2, 0.25) is 0 Å². The van der Waals surface area contributed by atoms with Gasteiger partial charge >= 0.3 is 0 Å². The average Bonchev–Trinajstić information content (AvgIpc) is 2.67. The molecule has 0 unspecified atom stereocenters. The molecular formula is C23H21NOS. The number of rotatable bonds is 5. The van der Waals surface area contributed by atoms with Gasteiger partial charge in [-0.15, -0.1) is 0 Å². The van der Waals surface area contributed by atoms with Gasteiger partial charge in [0.25, 0.3) is 0 Å². The molecule has 0 amide bonds. The van der Waals surface area contributed by atoms with Crippen LogP contribution in [0.3, 0.4) is 0 Å². The number of nitrogens with zero attached hydrogens (tertiary/aromatic N) is 1. The Bertz CT molecular complexity index is 902. The molecule has 3 aromatic carbocycles. The first-order valence-electron chi connectivity index (χ1n) is 8.48. The van der Waals surface area contributed by atoms with Crippen LogP contribution in [0.4, 0.5) is 5.69 Å². The van der Waals surface area contributed by atoms with Crippen LogP contribution >= 0.6 is 11.8 Å². The molecule has 3 rings (SSSR count). The fourth-order valence-corrected chi connectivity index (χ4v) is 3.18. The van der Waals surface area contributed by atoms with E-state index in [0.29, 0.717) is 0 Å². The summed E-state index contributed by atoms with van der Waals surface area (Å²) in [5.74, 6) is 0.827. The van der Waals surface area contributed by atoms with Gasteiger partial charge in [0.15, 0.2) is 0 Å². The van der Waals surface area contributed by atoms with Crippen LogP contribution in [0.25, 0.3) is 0 Å². The minimum Gasteiger partial charge on any atom is -0.465 e. The molecule has 0 N–H and O–H groups in total. The summed E-state index contributed by atoms with van der Waals surface area (Å²) >= 11 is 1.63. The third-order valence-electron chi connectivity index (χ3n) is 3.64. The molecule has 0 aliphatic heterocycles. The summed E-state index contributed by atoms with van der Waals surface area (Å²) in [7, 11) is 0. The molecule has 3 aromatic rings. The van der Waals surface area contributed by atoms with E-state index in [-0.39, 0.29) is 0 Å². The monoisotopic (exact) mass is 359 g/mol. The topological polar surface area (TPSA) is 21.6 Å². The highest BCUT2D eigenvalue weighted by atomic mass is 32.2. The average molecular weight is 359 g/mol. The van der Waals surface area contributed by atoms with Gasteiger partial charge in [0.1, 0.15) is 10.8 Å². The molecule has 130 valence electrons. The van der Waals surface area contributed by atoms with Gasteiger partial charge in [0, 0.05) is 10.5 Å². The molecule has 0 aromatic heterocycles. The second-order valence-electron chi connectivity index (χ2n) is 5.90. The lowest BCUT2D eigenvalue weighted by molar-refractivity contribution is 0.478. The fourth-order valence-electron chi connectivity index (χ4n) is 2.31. The highest BCUT2D eigenvalue weighted by Crippen LogP contribution is 2.26. The van der Waals surface area contributed by atoms with Crippen molar-refractivity contribution in [2.24, 2.45) is 4.99 Å². The Kier molecular flexibility index (Phi) is 6.29. The molecule has 0 radical (unpaired) electrons. The number of aryl methyl sites for hydroxylation is 1. The summed E-state index contributed by atoms with van der Waals surface area (Å²) in [4.78, 5) is 5.96. The van der Waals surface area contributed by atoms with Gasteiger partial charge in [-0.1, -0.05) is 60.3 Å². The molecule has 2 nitrogen and oxygen atoms in total. The maximum absolute atomic E-state index is 5.85. The van der Waals surface area contributed by atoms with E-state index >= 15 is 0 Å². The second-order valence-corrected chi connectivity index (χ2v) is 6.97. The Morgan fingerprint density at radius 3 is 2.27 bits per heavy atom. The molecule has 0 aliphatic rings. The van der Waals surface area contributed by atoms with Crippen molar-refractivity contribution in [3.05, 3.63) is 102 Å². The molecule has 0 aliphatic carbocycles. The van der Waals surface area contributed by atoms with Crippen LogP contribution in [-0.4, -0.2) is 5.04 Å². The first-order valence-corrected chi connectivity index (χ1v) is 9.29. The quantitative estimate of drug-likeness (QED) is 0.216. The van der Waals surface area contributed by atoms with Gasteiger partial charge < -0.3 is 4.74 Å². The minimum absolute atomic E-state index is 0.827. The summed E-state index contributed by atoms with van der Waals surface area (Å²) in [6, 6.07) is 28.2. The van der Waals surface area contributed by atoms with Crippen LogP contribution in [0.1, 0.15) is 12.5 Å². The van der Waals surface area contributed by atoms with Crippen molar-refractivity contribution in [1.82, 2.24) is 0 Å². The van der Waals surface area contributed by atoms with Crippen molar-refractivity contribution in [3.8, 4) is 5.75 Å². The Morgan fingerprint density at radius 2 is 1.58 bits per heavy atom. The van der Waals surface area contributed by atoms with Crippen LogP contribution in [0.2, 0.25) is 0 Å². The molecule has 0 saturated carbocycles. The maximum Gasteiger partial charge on any atom is 0.126 e. The first-order chi connectivity index (χ1) is 12.7. The molecular weight excluding hydrogens is 338 g/mol. The van der Waals surface area contributed by atoms with Crippen molar-refractivity contribution < 1.29 is 4.74 Å². The fraction of sp³-hybridized carbons (Fsp3) is 0.0870. The van der Waals surface area contributed by atoms with Crippen LogP contribution in [-0.2, 0) is 0 Å². The van der Waals surface area contributed by atoms with Crippen molar-refractivity contribution in [3.63, 3.8) is 0 Å². The van der Waals surface area contributed by atoms with E-state index in [1.165, 1.54) is 5.56 Å². The molecule has 0 bridgehead atoms. The van der Waals surface area contributed by atoms with Crippen LogP contribution in [0.5, 0.6) is 5.75 Å². The number of benzene rings is 3. The number of hydrogen-bond acceptors (Lipinski definition) is 3. The van der Waals surface area contributed by atoms with Crippen molar-refractivity contribution in [1.29, 1.82) is 0 Å². The summed E-state index contributed by atoms with van der Waals surface area (Å²) in [5, 5.41) is 0.912. The van der Waals surface area contributed by atoms with Crippen molar-refractivity contribution >= 4 is 22.5 Å². The van der Waals surface area contributed by atoms with Gasteiger partial charge in [-0.3, -0.25) is 0 Å². The number of thioether (sulfide) groups is 1. The predicted octanol–water partition coefficient (Wildman–Crippen LogP) is 6.80. The highest BCUT2D eigenvalue weighted by molar-refractivity contribution is 8.14. The first kappa shape index (κ1) is 18.0. The smallest absolute Gasteiger partial charge is 0.126 e. The summed E-state index contributed by atoms with van der Waals surface area (Å²) in [5.41, 5.74) is 3.07. The molecule has 3 heteroatoms. The molecule has 26 heavy (non-hydrogen) atoms. The SMILES string of the molecule is CC(=C\Oc1cccc(C)c1)/C(=N/c1ccccc1)Sc1ccccc1. The Hall–Kier alpha value is -2.78. The lowest BCUT2D eigenvalue weighted by Gasteiger charge is -2.08. The molecule has 0 fully saturated rings. The van der Waals surface area contributed by atoms with Gasteiger partial charge in [0.05, 0.1) is 11.9 Å². The Morgan fingerprint density at radius 1 is 0.885 bits per heavy atom. The van der Waals surface area contributed by atoms with E-state index in [9.17, 15) is 0 Å². The van der Waals surface area contributed by atoms with Crippen LogP contribution in [0, 0.1) is 6.92 Å². The maximum atomic E-state index is 5.85. The van der Waals surface area contributed by atoms with Crippen molar-refractivity contribution in [2.45, 2.75) is 18.7 Å². The third-order valence-corrected chi connectivity index (χ3v) is 4.76. The predicted molar refractivity (Wildman–Crippen MR) is 111 cm³/mol. The summed E-state index contributed by atoms with van der Waals surface area (Å²) in [6.45, 7) is 4.07. The Labute approximate surface area is 159 Å². The standard InChI is InChI=1S/C23H21NOS/c1-18-10-9-13-21(16-18)25-17-19(2)23(24-20-11-5-3-6-12-20)26-22-14-7-4-8-15-22/h3-17H,1-2H3/b19-17+,24-23-. The zero-order valence-electron chi connectivity index (χ0n) is 14.9. The zero-order valence-corrected chi connectivity index (χ0v) is 15.7. The van der Waals surface area contributed by atoms with Gasteiger partial charge in [-0.2, -0.15) is 0 Å². The molecule has 0 saturated heterocycles. The van der Waals surface area contributed by atoms with E-state index < -0.39 is 0 Å². The number of aliphatic imine (C=N–C) groups is 1. The van der Waals surface area contributed by atoms with Crippen LogP contribution < -0.4 is 4.74 Å². The molecule has 0 heterocycles. The lowest BCUT2D eigenvalue weighted by Crippen LogP contribution is -1.97. The lowest BCUT2D eigenvalue weighted by atomic mass is 10.2. The van der Waals surface area contributed by atoms with Crippen molar-refractivity contribution in [2.75, 3.05) is 0 Å². The minimum atomic E-state index is 0.827. The molecule has 0 atom stereocenters. The van der Waals surface area contributed by atoms with E-state index in [0.717, 1.165) is 26.9 Å². The van der Waals surface area contributed by atoms with Gasteiger partial charge in [-0.25, -0.2) is 4.99 Å². The largest absolute Gasteiger partial charge is 0.465 e. The molecule has 0 spiro atoms.